The van der Waals surface area contributed by atoms with Crippen LogP contribution in [-0.2, 0) is 0 Å². The summed E-state index contributed by atoms with van der Waals surface area (Å²) >= 11 is 0. The third kappa shape index (κ3) is 5.11. The summed E-state index contributed by atoms with van der Waals surface area (Å²) in [5.74, 6) is -0.162. The fourth-order valence-electron chi connectivity index (χ4n) is 2.90. The molecule has 2 heterocycles. The largest absolute Gasteiger partial charge is 0.341 e. The minimum atomic E-state index is -0.265. The fraction of sp³-hybridized carbons (Fsp3) is 0.368. The van der Waals surface area contributed by atoms with Crippen LogP contribution in [0.3, 0.4) is 0 Å². The van der Waals surface area contributed by atoms with Gasteiger partial charge < -0.3 is 9.80 Å². The average molecular weight is 340 g/mol. The number of rotatable bonds is 6. The van der Waals surface area contributed by atoms with Crippen molar-refractivity contribution in [2.24, 2.45) is 5.41 Å². The number of carbonyl (C=O) groups excluding carboxylic acids is 2. The minimum absolute atomic E-state index is 0.0811. The Morgan fingerprint density at radius 2 is 1.28 bits per heavy atom. The van der Waals surface area contributed by atoms with Crippen LogP contribution in [0.1, 0.15) is 34.6 Å². The van der Waals surface area contributed by atoms with Gasteiger partial charge in [0, 0.05) is 52.0 Å². The Morgan fingerprint density at radius 1 is 0.880 bits per heavy atom. The molecule has 0 aromatic carbocycles. The van der Waals surface area contributed by atoms with Crippen molar-refractivity contribution in [2.45, 2.75) is 13.8 Å². The quantitative estimate of drug-likeness (QED) is 0.809. The van der Waals surface area contributed by atoms with Gasteiger partial charge in [0.2, 0.25) is 0 Å². The van der Waals surface area contributed by atoms with Gasteiger partial charge >= 0.3 is 0 Å². The summed E-state index contributed by atoms with van der Waals surface area (Å²) < 4.78 is 0. The van der Waals surface area contributed by atoms with Gasteiger partial charge in [-0.3, -0.25) is 19.6 Å². The minimum Gasteiger partial charge on any atom is -0.341 e. The number of hydrogen-bond acceptors (Lipinski definition) is 4. The van der Waals surface area contributed by atoms with E-state index in [1.54, 1.807) is 72.9 Å². The molecule has 0 aliphatic carbocycles. The Hall–Kier alpha value is -2.76. The molecule has 6 heteroatoms. The van der Waals surface area contributed by atoms with Gasteiger partial charge in [0.25, 0.3) is 11.8 Å². The SMILES string of the molecule is CN(CC(C)(C)CN(C)C(=O)c1cccnc1)C(=O)c1cccnc1. The molecule has 2 amide bonds. The van der Waals surface area contributed by atoms with E-state index >= 15 is 0 Å². The highest BCUT2D eigenvalue weighted by Gasteiger charge is 2.27. The predicted octanol–water partition coefficient (Wildman–Crippen LogP) is 2.35. The van der Waals surface area contributed by atoms with Gasteiger partial charge in [0.1, 0.15) is 0 Å². The average Bonchev–Trinajstić information content (AvgIpc) is 2.61. The Labute approximate surface area is 148 Å². The van der Waals surface area contributed by atoms with Crippen molar-refractivity contribution in [2.75, 3.05) is 27.2 Å². The van der Waals surface area contributed by atoms with Crippen molar-refractivity contribution < 1.29 is 9.59 Å². The molecule has 25 heavy (non-hydrogen) atoms. The zero-order valence-corrected chi connectivity index (χ0v) is 15.1. The summed E-state index contributed by atoms with van der Waals surface area (Å²) in [5, 5.41) is 0. The summed E-state index contributed by atoms with van der Waals surface area (Å²) in [6, 6.07) is 6.98. The lowest BCUT2D eigenvalue weighted by molar-refractivity contribution is 0.0641. The zero-order chi connectivity index (χ0) is 18.4. The fourth-order valence-corrected chi connectivity index (χ4v) is 2.90. The number of aromatic nitrogens is 2. The maximum absolute atomic E-state index is 12.5. The standard InChI is InChI=1S/C19H24N4O2/c1-19(2,13-22(3)17(24)15-7-5-9-20-11-15)14-23(4)18(25)16-8-6-10-21-12-16/h5-12H,13-14H2,1-4H3. The van der Waals surface area contributed by atoms with Gasteiger partial charge in [-0.1, -0.05) is 13.8 Å². The molecule has 2 rings (SSSR count). The molecular formula is C19H24N4O2. The molecule has 0 spiro atoms. The predicted molar refractivity (Wildman–Crippen MR) is 96.2 cm³/mol. The van der Waals surface area contributed by atoms with Crippen molar-refractivity contribution in [1.29, 1.82) is 0 Å². The van der Waals surface area contributed by atoms with Gasteiger partial charge in [-0.05, 0) is 29.7 Å². The number of carbonyl (C=O) groups is 2. The normalized spacial score (nSPS) is 11.0. The van der Waals surface area contributed by atoms with Crippen LogP contribution < -0.4 is 0 Å². The molecule has 0 N–H and O–H groups in total. The van der Waals surface area contributed by atoms with Gasteiger partial charge in [-0.25, -0.2) is 0 Å². The van der Waals surface area contributed by atoms with Crippen LogP contribution in [0.2, 0.25) is 0 Å². The van der Waals surface area contributed by atoms with Gasteiger partial charge in [0.15, 0.2) is 0 Å². The van der Waals surface area contributed by atoms with Crippen molar-refractivity contribution in [1.82, 2.24) is 19.8 Å². The van der Waals surface area contributed by atoms with Crippen molar-refractivity contribution >= 4 is 11.8 Å². The molecule has 0 aliphatic heterocycles. The lowest BCUT2D eigenvalue weighted by Gasteiger charge is -2.34. The number of nitrogens with zero attached hydrogens (tertiary/aromatic N) is 4. The number of pyridine rings is 2. The van der Waals surface area contributed by atoms with E-state index in [4.69, 9.17) is 0 Å². The first-order valence-corrected chi connectivity index (χ1v) is 8.11. The molecule has 0 atom stereocenters. The van der Waals surface area contributed by atoms with E-state index in [0.29, 0.717) is 24.2 Å². The van der Waals surface area contributed by atoms with Crippen LogP contribution in [0.5, 0.6) is 0 Å². The van der Waals surface area contributed by atoms with Crippen molar-refractivity contribution in [3.63, 3.8) is 0 Å². The molecule has 0 unspecified atom stereocenters. The first kappa shape index (κ1) is 18.6. The maximum Gasteiger partial charge on any atom is 0.255 e. The summed E-state index contributed by atoms with van der Waals surface area (Å²) in [4.78, 5) is 36.2. The maximum atomic E-state index is 12.5. The summed E-state index contributed by atoms with van der Waals surface area (Å²) in [7, 11) is 3.53. The number of amides is 2. The van der Waals surface area contributed by atoms with Gasteiger partial charge in [-0.15, -0.1) is 0 Å². The Morgan fingerprint density at radius 3 is 1.60 bits per heavy atom. The third-order valence-corrected chi connectivity index (χ3v) is 3.84. The molecule has 2 aromatic heterocycles. The highest BCUT2D eigenvalue weighted by atomic mass is 16.2. The molecule has 6 nitrogen and oxygen atoms in total. The summed E-state index contributed by atoms with van der Waals surface area (Å²) in [5.41, 5.74) is 0.848. The van der Waals surface area contributed by atoms with Crippen LogP contribution in [0.4, 0.5) is 0 Å². The molecule has 0 saturated carbocycles. The molecule has 0 aliphatic rings. The first-order valence-electron chi connectivity index (χ1n) is 8.11. The Balaban J connectivity index is 1.98. The molecular weight excluding hydrogens is 316 g/mol. The lowest BCUT2D eigenvalue weighted by Crippen LogP contribution is -2.43. The summed E-state index contributed by atoms with van der Waals surface area (Å²) in [6.45, 7) is 5.11. The third-order valence-electron chi connectivity index (χ3n) is 3.84. The second-order valence-corrected chi connectivity index (χ2v) is 6.97. The molecule has 132 valence electrons. The van der Waals surface area contributed by atoms with Gasteiger partial charge in [0.05, 0.1) is 11.1 Å². The van der Waals surface area contributed by atoms with E-state index in [1.165, 1.54) is 0 Å². The first-order chi connectivity index (χ1) is 11.8. The smallest absolute Gasteiger partial charge is 0.255 e. The second kappa shape index (κ2) is 7.88. The van der Waals surface area contributed by atoms with E-state index in [0.717, 1.165) is 0 Å². The van der Waals surface area contributed by atoms with E-state index in [2.05, 4.69) is 9.97 Å². The number of hydrogen-bond donors (Lipinski definition) is 0. The van der Waals surface area contributed by atoms with Crippen LogP contribution in [-0.4, -0.2) is 58.8 Å². The van der Waals surface area contributed by atoms with Gasteiger partial charge in [-0.2, -0.15) is 0 Å². The highest BCUT2D eigenvalue weighted by molar-refractivity contribution is 5.94. The topological polar surface area (TPSA) is 66.4 Å². The van der Waals surface area contributed by atoms with Crippen LogP contribution in [0.15, 0.2) is 49.1 Å². The van der Waals surface area contributed by atoms with Crippen LogP contribution in [0, 0.1) is 5.41 Å². The highest BCUT2D eigenvalue weighted by Crippen LogP contribution is 2.20. The zero-order valence-electron chi connectivity index (χ0n) is 15.1. The molecule has 0 radical (unpaired) electrons. The van der Waals surface area contributed by atoms with E-state index in [9.17, 15) is 9.59 Å². The van der Waals surface area contributed by atoms with E-state index < -0.39 is 0 Å². The van der Waals surface area contributed by atoms with Crippen LogP contribution >= 0.6 is 0 Å². The molecule has 0 bridgehead atoms. The van der Waals surface area contributed by atoms with E-state index in [-0.39, 0.29) is 17.2 Å². The van der Waals surface area contributed by atoms with Crippen LogP contribution in [0.25, 0.3) is 0 Å². The van der Waals surface area contributed by atoms with E-state index in [1.807, 2.05) is 13.8 Å². The Kier molecular flexibility index (Phi) is 5.85. The molecule has 0 saturated heterocycles. The monoisotopic (exact) mass is 340 g/mol. The second-order valence-electron chi connectivity index (χ2n) is 6.97. The molecule has 2 aromatic rings. The molecule has 0 fully saturated rings. The van der Waals surface area contributed by atoms with Crippen molar-refractivity contribution in [3.8, 4) is 0 Å². The van der Waals surface area contributed by atoms with Crippen molar-refractivity contribution in [3.05, 3.63) is 60.2 Å². The lowest BCUT2D eigenvalue weighted by atomic mass is 9.91. The Bertz CT molecular complexity index is 655. The summed E-state index contributed by atoms with van der Waals surface area (Å²) in [6.07, 6.45) is 6.40.